The Morgan fingerprint density at radius 2 is 2.10 bits per heavy atom. The number of carbonyl (C=O) groups is 2. The number of aromatic nitrogens is 2. The van der Waals surface area contributed by atoms with Crippen LogP contribution in [0.25, 0.3) is 0 Å². The molecule has 20 heavy (non-hydrogen) atoms. The number of hydrogen-bond donors (Lipinski definition) is 1. The predicted octanol–water partition coefficient (Wildman–Crippen LogP) is 1.68. The highest BCUT2D eigenvalue weighted by Gasteiger charge is 2.17. The summed E-state index contributed by atoms with van der Waals surface area (Å²) < 4.78 is 0. The summed E-state index contributed by atoms with van der Waals surface area (Å²) >= 11 is 5.88. The second-order valence-electron chi connectivity index (χ2n) is 4.71. The highest BCUT2D eigenvalue weighted by Crippen LogP contribution is 2.19. The second kappa shape index (κ2) is 6.65. The van der Waals surface area contributed by atoms with Gasteiger partial charge in [0.05, 0.1) is 5.56 Å². The van der Waals surface area contributed by atoms with Crippen LogP contribution in [0.15, 0.2) is 0 Å². The van der Waals surface area contributed by atoms with Crippen LogP contribution in [0.3, 0.4) is 0 Å². The maximum absolute atomic E-state index is 11.9. The first-order valence-electron chi connectivity index (χ1n) is 6.63. The van der Waals surface area contributed by atoms with Crippen LogP contribution in [0.1, 0.15) is 35.4 Å². The minimum atomic E-state index is 0.125. The molecule has 1 amide bonds. The first-order valence-corrected chi connectivity index (χ1v) is 7.00. The molecule has 1 N–H and O–H groups in total. The molecule has 1 aromatic rings. The zero-order valence-electron chi connectivity index (χ0n) is 11.4. The number of aldehydes is 1. The molecule has 0 spiro atoms. The highest BCUT2D eigenvalue weighted by molar-refractivity contribution is 6.32. The summed E-state index contributed by atoms with van der Waals surface area (Å²) in [5.74, 6) is 0.986. The van der Waals surface area contributed by atoms with E-state index in [-0.39, 0.29) is 16.6 Å². The minimum absolute atomic E-state index is 0.125. The Morgan fingerprint density at radius 1 is 1.40 bits per heavy atom. The molecule has 2 heterocycles. The van der Waals surface area contributed by atoms with Gasteiger partial charge in [0.1, 0.15) is 16.8 Å². The number of carbonyl (C=O) groups excluding carboxylic acids is 2. The zero-order chi connectivity index (χ0) is 14.5. The summed E-state index contributed by atoms with van der Waals surface area (Å²) in [6.45, 7) is 3.80. The van der Waals surface area contributed by atoms with Crippen molar-refractivity contribution in [3.05, 3.63) is 16.5 Å². The molecule has 2 rings (SSSR count). The van der Waals surface area contributed by atoms with Gasteiger partial charge in [-0.25, -0.2) is 9.97 Å². The SMILES string of the molecule is Cc1nc(Cl)c(C=O)c(NCCC(=O)N2CCCC2)n1. The molecule has 1 aliphatic heterocycles. The summed E-state index contributed by atoms with van der Waals surface area (Å²) in [7, 11) is 0. The predicted molar refractivity (Wildman–Crippen MR) is 76.1 cm³/mol. The Hall–Kier alpha value is -1.69. The summed E-state index contributed by atoms with van der Waals surface area (Å²) in [6.07, 6.45) is 3.15. The van der Waals surface area contributed by atoms with E-state index in [4.69, 9.17) is 11.6 Å². The third-order valence-electron chi connectivity index (χ3n) is 3.22. The monoisotopic (exact) mass is 296 g/mol. The maximum atomic E-state index is 11.9. The van der Waals surface area contributed by atoms with Crippen LogP contribution in [0.4, 0.5) is 5.82 Å². The first-order chi connectivity index (χ1) is 9.61. The number of nitrogens with one attached hydrogen (secondary N) is 1. The highest BCUT2D eigenvalue weighted by atomic mass is 35.5. The van der Waals surface area contributed by atoms with Crippen LogP contribution >= 0.6 is 11.6 Å². The Bertz CT molecular complexity index is 515. The van der Waals surface area contributed by atoms with Gasteiger partial charge in [0.2, 0.25) is 5.91 Å². The number of nitrogens with zero attached hydrogens (tertiary/aromatic N) is 3. The van der Waals surface area contributed by atoms with Crippen molar-refractivity contribution < 1.29 is 9.59 Å². The molecule has 0 unspecified atom stereocenters. The number of aryl methyl sites for hydroxylation is 1. The van der Waals surface area contributed by atoms with E-state index in [2.05, 4.69) is 15.3 Å². The lowest BCUT2D eigenvalue weighted by molar-refractivity contribution is -0.129. The summed E-state index contributed by atoms with van der Waals surface area (Å²) in [5.41, 5.74) is 0.228. The van der Waals surface area contributed by atoms with Gasteiger partial charge in [-0.05, 0) is 19.8 Å². The molecule has 0 radical (unpaired) electrons. The Kier molecular flexibility index (Phi) is 4.89. The molecule has 7 heteroatoms. The molecule has 0 atom stereocenters. The van der Waals surface area contributed by atoms with Crippen molar-refractivity contribution in [3.63, 3.8) is 0 Å². The molecular weight excluding hydrogens is 280 g/mol. The lowest BCUT2D eigenvalue weighted by atomic mass is 10.3. The molecule has 1 saturated heterocycles. The smallest absolute Gasteiger partial charge is 0.224 e. The molecule has 6 nitrogen and oxygen atoms in total. The number of rotatable bonds is 5. The maximum Gasteiger partial charge on any atom is 0.224 e. The van der Waals surface area contributed by atoms with Crippen LogP contribution in [-0.2, 0) is 4.79 Å². The average molecular weight is 297 g/mol. The van der Waals surface area contributed by atoms with Gasteiger partial charge in [-0.15, -0.1) is 0 Å². The van der Waals surface area contributed by atoms with Crippen molar-refractivity contribution >= 4 is 29.6 Å². The third kappa shape index (κ3) is 3.45. The van der Waals surface area contributed by atoms with E-state index < -0.39 is 0 Å². The number of anilines is 1. The van der Waals surface area contributed by atoms with Gasteiger partial charge in [-0.1, -0.05) is 11.6 Å². The summed E-state index contributed by atoms with van der Waals surface area (Å²) in [5, 5.41) is 3.11. The first kappa shape index (κ1) is 14.7. The number of amides is 1. The van der Waals surface area contributed by atoms with Gasteiger partial charge < -0.3 is 10.2 Å². The van der Waals surface area contributed by atoms with Gasteiger partial charge in [-0.2, -0.15) is 0 Å². The van der Waals surface area contributed by atoms with Gasteiger partial charge >= 0.3 is 0 Å². The zero-order valence-corrected chi connectivity index (χ0v) is 12.1. The Balaban J connectivity index is 1.93. The van der Waals surface area contributed by atoms with E-state index in [9.17, 15) is 9.59 Å². The van der Waals surface area contributed by atoms with Crippen molar-refractivity contribution in [2.24, 2.45) is 0 Å². The van der Waals surface area contributed by atoms with E-state index in [0.717, 1.165) is 25.9 Å². The Morgan fingerprint density at radius 3 is 2.75 bits per heavy atom. The fourth-order valence-corrected chi connectivity index (χ4v) is 2.46. The van der Waals surface area contributed by atoms with Crippen LogP contribution < -0.4 is 5.32 Å². The largest absolute Gasteiger partial charge is 0.369 e. The van der Waals surface area contributed by atoms with Crippen LogP contribution in [0.5, 0.6) is 0 Å². The van der Waals surface area contributed by atoms with Crippen molar-refractivity contribution in [3.8, 4) is 0 Å². The van der Waals surface area contributed by atoms with Gasteiger partial charge in [0, 0.05) is 26.1 Å². The van der Waals surface area contributed by atoms with E-state index in [1.54, 1.807) is 6.92 Å². The fourth-order valence-electron chi connectivity index (χ4n) is 2.20. The topological polar surface area (TPSA) is 75.2 Å². The third-order valence-corrected chi connectivity index (χ3v) is 3.51. The standard InChI is InChI=1S/C13H17ClN4O2/c1-9-16-12(14)10(8-19)13(17-9)15-5-4-11(20)18-6-2-3-7-18/h8H,2-7H2,1H3,(H,15,16,17). The van der Waals surface area contributed by atoms with Gasteiger partial charge in [-0.3, -0.25) is 9.59 Å². The quantitative estimate of drug-likeness (QED) is 0.661. The number of hydrogen-bond acceptors (Lipinski definition) is 5. The lowest BCUT2D eigenvalue weighted by Gasteiger charge is -2.15. The molecular formula is C13H17ClN4O2. The van der Waals surface area contributed by atoms with E-state index in [0.29, 0.717) is 30.9 Å². The average Bonchev–Trinajstić information content (AvgIpc) is 2.92. The van der Waals surface area contributed by atoms with E-state index in [1.165, 1.54) is 0 Å². The summed E-state index contributed by atoms with van der Waals surface area (Å²) in [4.78, 5) is 32.8. The normalized spacial score (nSPS) is 14.4. The summed E-state index contributed by atoms with van der Waals surface area (Å²) in [6, 6.07) is 0. The van der Waals surface area contributed by atoms with Crippen LogP contribution in [0, 0.1) is 6.92 Å². The van der Waals surface area contributed by atoms with Crippen LogP contribution in [0.2, 0.25) is 5.15 Å². The Labute approximate surface area is 122 Å². The molecule has 1 aromatic heterocycles. The van der Waals surface area contributed by atoms with Crippen LogP contribution in [-0.4, -0.2) is 46.7 Å². The molecule has 0 saturated carbocycles. The molecule has 108 valence electrons. The van der Waals surface area contributed by atoms with E-state index in [1.807, 2.05) is 4.90 Å². The number of halogens is 1. The fraction of sp³-hybridized carbons (Fsp3) is 0.538. The van der Waals surface area contributed by atoms with Gasteiger partial charge in [0.25, 0.3) is 0 Å². The van der Waals surface area contributed by atoms with Crippen molar-refractivity contribution in [2.75, 3.05) is 25.0 Å². The molecule has 0 aliphatic carbocycles. The molecule has 1 aliphatic rings. The molecule has 1 fully saturated rings. The molecule has 0 bridgehead atoms. The lowest BCUT2D eigenvalue weighted by Crippen LogP contribution is -2.29. The van der Waals surface area contributed by atoms with Gasteiger partial charge in [0.15, 0.2) is 6.29 Å². The van der Waals surface area contributed by atoms with Crippen molar-refractivity contribution in [1.29, 1.82) is 0 Å². The van der Waals surface area contributed by atoms with Crippen molar-refractivity contribution in [2.45, 2.75) is 26.2 Å². The second-order valence-corrected chi connectivity index (χ2v) is 5.06. The molecule has 0 aromatic carbocycles. The number of likely N-dealkylation sites (tertiary alicyclic amines) is 1. The minimum Gasteiger partial charge on any atom is -0.369 e. The van der Waals surface area contributed by atoms with Crippen molar-refractivity contribution in [1.82, 2.24) is 14.9 Å². The van der Waals surface area contributed by atoms with E-state index >= 15 is 0 Å².